The Balaban J connectivity index is 0.000001000. The fourth-order valence-corrected chi connectivity index (χ4v) is 0.448. The molecule has 0 fully saturated rings. The van der Waals surface area contributed by atoms with E-state index in [9.17, 15) is 4.79 Å². The summed E-state index contributed by atoms with van der Waals surface area (Å²) in [5, 5.41) is 8.33. The van der Waals surface area contributed by atoms with E-state index in [1.165, 1.54) is 6.20 Å². The van der Waals surface area contributed by atoms with Crippen molar-refractivity contribution in [3.63, 3.8) is 0 Å². The number of rotatable bonds is 1. The first-order valence-corrected chi connectivity index (χ1v) is 2.51. The van der Waals surface area contributed by atoms with Crippen LogP contribution in [0.1, 0.15) is 10.5 Å². The minimum atomic E-state index is -1.10. The van der Waals surface area contributed by atoms with Gasteiger partial charge in [-0.1, -0.05) is 0 Å². The molecular weight excluding hydrogens is 150 g/mol. The molecule has 0 unspecified atom stereocenters. The lowest BCUT2D eigenvalue weighted by Gasteiger charge is -1.91. The molecule has 11 heavy (non-hydrogen) atoms. The van der Waals surface area contributed by atoms with Gasteiger partial charge >= 0.3 is 5.97 Å². The van der Waals surface area contributed by atoms with E-state index in [0.29, 0.717) is 0 Å². The molecule has 6 heteroatoms. The third-order valence-electron chi connectivity index (χ3n) is 0.891. The summed E-state index contributed by atoms with van der Waals surface area (Å²) >= 11 is 0. The van der Waals surface area contributed by atoms with Gasteiger partial charge in [0.25, 0.3) is 0 Å². The third kappa shape index (κ3) is 2.18. The van der Waals surface area contributed by atoms with Crippen molar-refractivity contribution >= 4 is 11.8 Å². The summed E-state index contributed by atoms with van der Waals surface area (Å²) in [6.07, 6.45) is 2.31. The lowest BCUT2D eigenvalue weighted by Crippen LogP contribution is -2.01. The molecule has 1 rings (SSSR count). The molecular formula is C5H7N3O3. The van der Waals surface area contributed by atoms with Crippen LogP contribution in [0.4, 0.5) is 5.82 Å². The first-order chi connectivity index (χ1) is 4.70. The molecule has 0 aliphatic rings. The van der Waals surface area contributed by atoms with Crippen LogP contribution in [0.25, 0.3) is 0 Å². The number of aromatic carboxylic acids is 1. The standard InChI is InChI=1S/C5H5N3O2.H2O/c6-4-2-7-3(1-8-4)5(9)10;/h1-2H,(H2,6,8)(H,9,10);1H2. The van der Waals surface area contributed by atoms with Crippen LogP contribution >= 0.6 is 0 Å². The Kier molecular flexibility index (Phi) is 2.94. The van der Waals surface area contributed by atoms with Crippen LogP contribution in [0.15, 0.2) is 12.4 Å². The number of anilines is 1. The predicted molar refractivity (Wildman–Crippen MR) is 37.0 cm³/mol. The van der Waals surface area contributed by atoms with Gasteiger partial charge in [-0.3, -0.25) is 0 Å². The molecule has 1 aromatic heterocycles. The maximum Gasteiger partial charge on any atom is 0.356 e. The summed E-state index contributed by atoms with van der Waals surface area (Å²) in [5.74, 6) is -0.891. The molecule has 6 nitrogen and oxygen atoms in total. The Morgan fingerprint density at radius 1 is 1.45 bits per heavy atom. The molecule has 0 bridgehead atoms. The quantitative estimate of drug-likeness (QED) is 0.537. The van der Waals surface area contributed by atoms with E-state index in [4.69, 9.17) is 10.8 Å². The number of aromatic nitrogens is 2. The predicted octanol–water partition coefficient (Wildman–Crippen LogP) is -1.07. The van der Waals surface area contributed by atoms with Gasteiger partial charge < -0.3 is 16.3 Å². The third-order valence-corrected chi connectivity index (χ3v) is 0.891. The Hall–Kier alpha value is -1.69. The van der Waals surface area contributed by atoms with E-state index in [-0.39, 0.29) is 17.0 Å². The topological polar surface area (TPSA) is 121 Å². The van der Waals surface area contributed by atoms with Gasteiger partial charge in [-0.05, 0) is 0 Å². The van der Waals surface area contributed by atoms with Crippen molar-refractivity contribution in [2.24, 2.45) is 0 Å². The second kappa shape index (κ2) is 3.47. The highest BCUT2D eigenvalue weighted by atomic mass is 16.4. The second-order valence-electron chi connectivity index (χ2n) is 1.63. The molecule has 0 atom stereocenters. The molecule has 5 N–H and O–H groups in total. The lowest BCUT2D eigenvalue weighted by molar-refractivity contribution is 0.0690. The molecule has 0 saturated heterocycles. The number of nitrogens with zero attached hydrogens (tertiary/aromatic N) is 2. The Morgan fingerprint density at radius 3 is 2.45 bits per heavy atom. The monoisotopic (exact) mass is 157 g/mol. The second-order valence-corrected chi connectivity index (χ2v) is 1.63. The van der Waals surface area contributed by atoms with Crippen molar-refractivity contribution in [3.05, 3.63) is 18.1 Å². The van der Waals surface area contributed by atoms with Crippen molar-refractivity contribution in [2.75, 3.05) is 5.73 Å². The highest BCUT2D eigenvalue weighted by molar-refractivity contribution is 5.84. The zero-order valence-corrected chi connectivity index (χ0v) is 5.48. The average Bonchev–Trinajstić information content (AvgIpc) is 1.88. The van der Waals surface area contributed by atoms with E-state index in [2.05, 4.69) is 9.97 Å². The van der Waals surface area contributed by atoms with Gasteiger partial charge in [0.1, 0.15) is 5.82 Å². The highest BCUT2D eigenvalue weighted by Crippen LogP contribution is 1.94. The van der Waals surface area contributed by atoms with Gasteiger partial charge in [-0.25, -0.2) is 14.8 Å². The van der Waals surface area contributed by atoms with Crippen molar-refractivity contribution in [3.8, 4) is 0 Å². The fourth-order valence-electron chi connectivity index (χ4n) is 0.448. The number of nitrogen functional groups attached to an aromatic ring is 1. The van der Waals surface area contributed by atoms with Crippen molar-refractivity contribution in [1.82, 2.24) is 9.97 Å². The summed E-state index contributed by atoms with van der Waals surface area (Å²) in [4.78, 5) is 17.2. The normalized spacial score (nSPS) is 8.36. The largest absolute Gasteiger partial charge is 0.476 e. The summed E-state index contributed by atoms with van der Waals surface area (Å²) < 4.78 is 0. The van der Waals surface area contributed by atoms with Crippen molar-refractivity contribution < 1.29 is 15.4 Å². The van der Waals surface area contributed by atoms with Crippen molar-refractivity contribution in [1.29, 1.82) is 0 Å². The highest BCUT2D eigenvalue weighted by Gasteiger charge is 2.02. The summed E-state index contributed by atoms with van der Waals surface area (Å²) in [6.45, 7) is 0. The van der Waals surface area contributed by atoms with Gasteiger partial charge in [0.2, 0.25) is 0 Å². The Bertz CT molecular complexity index is 246. The molecule has 0 amide bonds. The number of carboxylic acids is 1. The van der Waals surface area contributed by atoms with Crippen LogP contribution in [0.3, 0.4) is 0 Å². The van der Waals surface area contributed by atoms with E-state index in [1.54, 1.807) is 0 Å². The van der Waals surface area contributed by atoms with Crippen LogP contribution in [0, 0.1) is 0 Å². The average molecular weight is 157 g/mol. The van der Waals surface area contributed by atoms with Crippen LogP contribution < -0.4 is 5.73 Å². The zero-order chi connectivity index (χ0) is 7.56. The summed E-state index contributed by atoms with van der Waals surface area (Å²) in [7, 11) is 0. The molecule has 0 aromatic carbocycles. The molecule has 60 valence electrons. The number of hydrogen-bond donors (Lipinski definition) is 2. The van der Waals surface area contributed by atoms with Gasteiger partial charge in [0.15, 0.2) is 5.69 Å². The number of nitrogens with two attached hydrogens (primary N) is 1. The first kappa shape index (κ1) is 9.31. The van der Waals surface area contributed by atoms with Crippen molar-refractivity contribution in [2.45, 2.75) is 0 Å². The molecule has 0 saturated carbocycles. The smallest absolute Gasteiger partial charge is 0.356 e. The van der Waals surface area contributed by atoms with E-state index in [0.717, 1.165) is 6.20 Å². The van der Waals surface area contributed by atoms with E-state index in [1.807, 2.05) is 0 Å². The van der Waals surface area contributed by atoms with Crippen LogP contribution in [0.2, 0.25) is 0 Å². The van der Waals surface area contributed by atoms with Crippen LogP contribution in [0.5, 0.6) is 0 Å². The Labute approximate surface area is 62.0 Å². The molecule has 1 heterocycles. The zero-order valence-electron chi connectivity index (χ0n) is 5.48. The SMILES string of the molecule is Nc1cnc(C(=O)O)cn1.O. The van der Waals surface area contributed by atoms with Gasteiger partial charge in [-0.2, -0.15) is 0 Å². The van der Waals surface area contributed by atoms with Gasteiger partial charge in [0.05, 0.1) is 12.4 Å². The van der Waals surface area contributed by atoms with Gasteiger partial charge in [-0.15, -0.1) is 0 Å². The number of carbonyl (C=O) groups is 1. The summed E-state index contributed by atoms with van der Waals surface area (Å²) in [5.41, 5.74) is 5.06. The maximum absolute atomic E-state index is 10.2. The van der Waals surface area contributed by atoms with Crippen LogP contribution in [-0.4, -0.2) is 26.5 Å². The van der Waals surface area contributed by atoms with E-state index < -0.39 is 5.97 Å². The van der Waals surface area contributed by atoms with Crippen LogP contribution in [-0.2, 0) is 0 Å². The Morgan fingerprint density at radius 2 is 2.09 bits per heavy atom. The molecule has 0 radical (unpaired) electrons. The fraction of sp³-hybridized carbons (Fsp3) is 0. The molecule has 1 aromatic rings. The number of hydrogen-bond acceptors (Lipinski definition) is 4. The first-order valence-electron chi connectivity index (χ1n) is 2.51. The molecule has 0 aliphatic heterocycles. The molecule has 0 aliphatic carbocycles. The minimum absolute atomic E-state index is 0. The lowest BCUT2D eigenvalue weighted by atomic mass is 10.5. The summed E-state index contributed by atoms with van der Waals surface area (Å²) in [6, 6.07) is 0. The van der Waals surface area contributed by atoms with E-state index >= 15 is 0 Å². The molecule has 0 spiro atoms. The maximum atomic E-state index is 10.2. The van der Waals surface area contributed by atoms with Gasteiger partial charge in [0, 0.05) is 0 Å². The minimum Gasteiger partial charge on any atom is -0.476 e. The number of carboxylic acid groups (broad SMARTS) is 1.